The fraction of sp³-hybridized carbons (Fsp3) is 0.333. The van der Waals surface area contributed by atoms with Crippen molar-refractivity contribution < 1.29 is 27.7 Å². The summed E-state index contributed by atoms with van der Waals surface area (Å²) in [6.07, 6.45) is 4.56. The number of rotatable bonds is 6. The van der Waals surface area contributed by atoms with Gasteiger partial charge in [0.25, 0.3) is 0 Å². The average molecular weight is 443 g/mol. The molecule has 1 aliphatic rings. The lowest BCUT2D eigenvalue weighted by Gasteiger charge is -2.40. The summed E-state index contributed by atoms with van der Waals surface area (Å²) in [6.45, 7) is 3.46. The molecule has 0 saturated heterocycles. The highest BCUT2D eigenvalue weighted by molar-refractivity contribution is 5.44. The Morgan fingerprint density at radius 1 is 1.34 bits per heavy atom. The van der Waals surface area contributed by atoms with Gasteiger partial charge in [-0.15, -0.1) is 0 Å². The summed E-state index contributed by atoms with van der Waals surface area (Å²) < 4.78 is 37.3. The van der Waals surface area contributed by atoms with Gasteiger partial charge in [0.1, 0.15) is 36.9 Å². The summed E-state index contributed by atoms with van der Waals surface area (Å²) in [7, 11) is 0. The number of hydrogen-bond donors (Lipinski definition) is 3. The maximum Gasteiger partial charge on any atom is 0.333 e. The van der Waals surface area contributed by atoms with Crippen molar-refractivity contribution in [3.63, 3.8) is 0 Å². The van der Waals surface area contributed by atoms with Crippen molar-refractivity contribution in [1.29, 1.82) is 0 Å². The van der Waals surface area contributed by atoms with Crippen molar-refractivity contribution in [2.75, 3.05) is 6.54 Å². The van der Waals surface area contributed by atoms with Crippen LogP contribution in [0, 0.1) is 11.6 Å². The fourth-order valence-electron chi connectivity index (χ4n) is 4.24. The molecule has 4 aromatic rings. The van der Waals surface area contributed by atoms with Gasteiger partial charge in [-0.3, -0.25) is 4.90 Å². The van der Waals surface area contributed by atoms with E-state index < -0.39 is 23.3 Å². The molecule has 5 rings (SSSR count). The molecule has 2 atom stereocenters. The van der Waals surface area contributed by atoms with Crippen LogP contribution in [-0.2, 0) is 25.2 Å². The minimum atomic E-state index is -1.67. The van der Waals surface area contributed by atoms with Gasteiger partial charge in [0.05, 0.1) is 6.26 Å². The molecule has 32 heavy (non-hydrogen) atoms. The molecule has 3 aromatic heterocycles. The van der Waals surface area contributed by atoms with Crippen molar-refractivity contribution in [2.45, 2.75) is 38.2 Å². The molecular formula is C21H23F2N7O2+2. The number of fused-ring (bicyclic) bond motifs is 1. The first-order valence-corrected chi connectivity index (χ1v) is 10.3. The van der Waals surface area contributed by atoms with Gasteiger partial charge >= 0.3 is 18.0 Å². The minimum Gasteiger partial charge on any atom is -0.459 e. The average Bonchev–Trinajstić information content (AvgIpc) is 3.53. The van der Waals surface area contributed by atoms with Gasteiger partial charge in [0.2, 0.25) is 6.33 Å². The number of H-pyrrole nitrogens is 2. The Bertz CT molecular complexity index is 1210. The summed E-state index contributed by atoms with van der Waals surface area (Å²) in [4.78, 5) is 10.6. The summed E-state index contributed by atoms with van der Waals surface area (Å²) >= 11 is 0. The first-order chi connectivity index (χ1) is 15.4. The van der Waals surface area contributed by atoms with Crippen LogP contribution in [0.3, 0.4) is 0 Å². The second-order valence-electron chi connectivity index (χ2n) is 7.96. The Labute approximate surface area is 181 Å². The number of benzene rings is 1. The second-order valence-corrected chi connectivity index (χ2v) is 7.96. The van der Waals surface area contributed by atoms with E-state index in [-0.39, 0.29) is 12.1 Å². The van der Waals surface area contributed by atoms with Crippen LogP contribution in [-0.4, -0.2) is 42.8 Å². The molecule has 9 nitrogen and oxygen atoms in total. The Balaban J connectivity index is 1.47. The predicted octanol–water partition coefficient (Wildman–Crippen LogP) is 1.04. The summed E-state index contributed by atoms with van der Waals surface area (Å²) in [5, 5.41) is 17.9. The largest absolute Gasteiger partial charge is 0.459 e. The van der Waals surface area contributed by atoms with Crippen molar-refractivity contribution in [1.82, 2.24) is 25.1 Å². The zero-order chi connectivity index (χ0) is 22.3. The highest BCUT2D eigenvalue weighted by Crippen LogP contribution is 2.32. The van der Waals surface area contributed by atoms with Crippen LogP contribution < -0.4 is 9.36 Å². The molecule has 11 heteroatoms. The lowest BCUT2D eigenvalue weighted by Crippen LogP contribution is -2.61. The minimum absolute atomic E-state index is 0.00539. The molecule has 166 valence electrons. The number of hydrogen-bond acceptors (Lipinski definition) is 5. The van der Waals surface area contributed by atoms with Crippen LogP contribution in [0.25, 0.3) is 11.6 Å². The van der Waals surface area contributed by atoms with Crippen LogP contribution in [0.5, 0.6) is 0 Å². The number of nitrogens with zero attached hydrogens (tertiary/aromatic N) is 5. The van der Waals surface area contributed by atoms with E-state index >= 15 is 0 Å². The first kappa shape index (κ1) is 20.5. The second kappa shape index (κ2) is 7.92. The SMILES string of the molecule is C[C@@H](N1CC[n+]2[nH]c(-c3ccco3)nc2C1)[C@](O)(C[n+]1cnc[nH]1)c1ccc(F)cc1F. The van der Waals surface area contributed by atoms with Crippen molar-refractivity contribution in [3.8, 4) is 11.6 Å². The zero-order valence-corrected chi connectivity index (χ0v) is 17.4. The number of furan rings is 1. The molecule has 0 bridgehead atoms. The Hall–Kier alpha value is -3.44. The van der Waals surface area contributed by atoms with E-state index in [0.717, 1.165) is 18.0 Å². The molecule has 0 unspecified atom stereocenters. The Morgan fingerprint density at radius 2 is 2.22 bits per heavy atom. The third-order valence-electron chi connectivity index (χ3n) is 6.06. The third-order valence-corrected chi connectivity index (χ3v) is 6.06. The summed E-state index contributed by atoms with van der Waals surface area (Å²) in [5.74, 6) is 0.521. The number of nitrogens with one attached hydrogen (secondary N) is 2. The smallest absolute Gasteiger partial charge is 0.333 e. The van der Waals surface area contributed by atoms with Crippen molar-refractivity contribution >= 4 is 0 Å². The molecule has 0 fully saturated rings. The molecule has 0 aliphatic carbocycles. The van der Waals surface area contributed by atoms with Crippen LogP contribution >= 0.6 is 0 Å². The lowest BCUT2D eigenvalue weighted by molar-refractivity contribution is -0.768. The highest BCUT2D eigenvalue weighted by Gasteiger charge is 2.45. The highest BCUT2D eigenvalue weighted by atomic mass is 19.1. The Kier molecular flexibility index (Phi) is 5.06. The fourth-order valence-corrected chi connectivity index (χ4v) is 4.24. The third kappa shape index (κ3) is 3.59. The van der Waals surface area contributed by atoms with Gasteiger partial charge in [0.15, 0.2) is 5.76 Å². The van der Waals surface area contributed by atoms with E-state index in [0.29, 0.717) is 31.2 Å². The Morgan fingerprint density at radius 3 is 2.94 bits per heavy atom. The molecule has 0 amide bonds. The first-order valence-electron chi connectivity index (χ1n) is 10.3. The van der Waals surface area contributed by atoms with Crippen LogP contribution in [0.4, 0.5) is 8.78 Å². The number of aromatic amines is 2. The number of aromatic nitrogens is 6. The van der Waals surface area contributed by atoms with Gasteiger partial charge in [0, 0.05) is 24.2 Å². The zero-order valence-electron chi connectivity index (χ0n) is 17.4. The molecule has 1 aromatic carbocycles. The van der Waals surface area contributed by atoms with Crippen molar-refractivity contribution in [3.05, 3.63) is 72.3 Å². The molecule has 4 heterocycles. The van der Waals surface area contributed by atoms with Gasteiger partial charge in [-0.1, -0.05) is 6.07 Å². The summed E-state index contributed by atoms with van der Waals surface area (Å²) in [5.41, 5.74) is -1.65. The van der Waals surface area contributed by atoms with Gasteiger partial charge in [-0.2, -0.15) is 19.6 Å². The van der Waals surface area contributed by atoms with Crippen LogP contribution in [0.15, 0.2) is 53.7 Å². The van der Waals surface area contributed by atoms with E-state index in [9.17, 15) is 13.9 Å². The predicted molar refractivity (Wildman–Crippen MR) is 105 cm³/mol. The maximum atomic E-state index is 14.8. The van der Waals surface area contributed by atoms with E-state index in [1.165, 1.54) is 18.7 Å². The van der Waals surface area contributed by atoms with Crippen LogP contribution in [0.2, 0.25) is 0 Å². The number of aliphatic hydroxyl groups is 1. The molecule has 1 aliphatic heterocycles. The normalized spacial score (nSPS) is 17.1. The number of halogens is 2. The van der Waals surface area contributed by atoms with E-state index in [1.807, 2.05) is 22.6 Å². The molecule has 0 spiro atoms. The monoisotopic (exact) mass is 443 g/mol. The van der Waals surface area contributed by atoms with Gasteiger partial charge < -0.3 is 9.52 Å². The molecule has 0 saturated carbocycles. The van der Waals surface area contributed by atoms with Gasteiger partial charge in [-0.05, 0) is 35.1 Å². The topological polar surface area (TPSA) is 102 Å². The maximum absolute atomic E-state index is 14.8. The van der Waals surface area contributed by atoms with E-state index in [2.05, 4.69) is 20.2 Å². The molecule has 3 N–H and O–H groups in total. The van der Waals surface area contributed by atoms with E-state index in [4.69, 9.17) is 4.42 Å². The molecule has 0 radical (unpaired) electrons. The van der Waals surface area contributed by atoms with Crippen LogP contribution in [0.1, 0.15) is 18.3 Å². The quantitative estimate of drug-likeness (QED) is 0.387. The molecular weight excluding hydrogens is 420 g/mol. The van der Waals surface area contributed by atoms with E-state index in [1.54, 1.807) is 17.0 Å². The standard InChI is InChI=1S/C21H21F2N7O2/c1-14(28-6-7-30-19(10-28)26-20(27-30)18-3-2-8-32-18)21(31,11-29-13-24-12-25-29)16-5-4-15(22)9-17(16)23/h2-5,8-9,12-14,31H,6-7,10-11H2,1H3/p+2/t14-,21-/m1/s1. The van der Waals surface area contributed by atoms with Gasteiger partial charge in [-0.25, -0.2) is 8.78 Å². The van der Waals surface area contributed by atoms with Crippen molar-refractivity contribution in [2.24, 2.45) is 0 Å². The summed E-state index contributed by atoms with van der Waals surface area (Å²) in [6, 6.07) is 6.32. The lowest BCUT2D eigenvalue weighted by atomic mass is 9.85.